The number of hydrogen-bond donors (Lipinski definition) is 4. The van der Waals surface area contributed by atoms with Gasteiger partial charge in [-0.05, 0) is 88.9 Å². The monoisotopic (exact) mass is 676 g/mol. The predicted molar refractivity (Wildman–Crippen MR) is 188 cm³/mol. The fourth-order valence-electron chi connectivity index (χ4n) is 8.72. The molecule has 0 radical (unpaired) electrons. The van der Waals surface area contributed by atoms with Gasteiger partial charge >= 0.3 is 23.9 Å². The van der Waals surface area contributed by atoms with Gasteiger partial charge < -0.3 is 20.4 Å². The third-order valence-electron chi connectivity index (χ3n) is 12.9. The highest BCUT2D eigenvalue weighted by atomic mass is 16.4. The van der Waals surface area contributed by atoms with E-state index in [0.29, 0.717) is 38.5 Å². The maximum absolute atomic E-state index is 12.2. The maximum Gasteiger partial charge on any atom is 0.309 e. The summed E-state index contributed by atoms with van der Waals surface area (Å²) in [6.45, 7) is 1.84. The standard InChI is InChI=1S/C40H68O8/c1-37(34(43)44,21-15-11-7-3-2-4-9-13-17-25-39(28-29-39)35(45)46)27-20-32-30-40(32,36(47)48)26-18-14-10-6-5-8-12-16-22-38(23-19-24-38)31-33(41)42/h32H,2-31H2,1H3,(H,41,42)(H,43,44)(H,45,46)(H,47,48). The third kappa shape index (κ3) is 12.6. The molecule has 0 aliphatic heterocycles. The lowest BCUT2D eigenvalue weighted by Gasteiger charge is -2.41. The summed E-state index contributed by atoms with van der Waals surface area (Å²) in [4.78, 5) is 46.9. The number of hydrogen-bond acceptors (Lipinski definition) is 4. The second-order valence-corrected chi connectivity index (χ2v) is 16.8. The van der Waals surface area contributed by atoms with Gasteiger partial charge in [0.25, 0.3) is 0 Å². The van der Waals surface area contributed by atoms with E-state index in [9.17, 15) is 39.6 Å². The van der Waals surface area contributed by atoms with Crippen LogP contribution in [0.2, 0.25) is 0 Å². The van der Waals surface area contributed by atoms with Crippen molar-refractivity contribution in [3.63, 3.8) is 0 Å². The van der Waals surface area contributed by atoms with Crippen molar-refractivity contribution in [3.05, 3.63) is 0 Å². The second kappa shape index (κ2) is 19.3. The molecule has 0 heterocycles. The average molecular weight is 677 g/mol. The molecule has 3 aliphatic rings. The van der Waals surface area contributed by atoms with Crippen LogP contribution in [0.4, 0.5) is 0 Å². The summed E-state index contributed by atoms with van der Waals surface area (Å²) >= 11 is 0. The molecule has 8 heteroatoms. The maximum atomic E-state index is 12.2. The average Bonchev–Trinajstić information content (AvgIpc) is 3.94. The first kappa shape index (κ1) is 40.3. The number of carbonyl (C=O) groups is 4. The molecule has 0 bridgehead atoms. The first-order valence-corrected chi connectivity index (χ1v) is 19.8. The molecule has 0 aromatic rings. The van der Waals surface area contributed by atoms with Crippen LogP contribution in [0.1, 0.15) is 200 Å². The second-order valence-electron chi connectivity index (χ2n) is 16.8. The van der Waals surface area contributed by atoms with Crippen LogP contribution in [0.15, 0.2) is 0 Å². The number of aliphatic carboxylic acids is 4. The molecule has 48 heavy (non-hydrogen) atoms. The molecule has 0 aromatic carbocycles. The third-order valence-corrected chi connectivity index (χ3v) is 12.9. The van der Waals surface area contributed by atoms with Crippen LogP contribution in [0.3, 0.4) is 0 Å². The van der Waals surface area contributed by atoms with Gasteiger partial charge in [0.15, 0.2) is 0 Å². The molecule has 3 fully saturated rings. The molecule has 3 atom stereocenters. The van der Waals surface area contributed by atoms with Crippen molar-refractivity contribution in [2.24, 2.45) is 27.6 Å². The van der Waals surface area contributed by atoms with E-state index in [1.165, 1.54) is 38.5 Å². The van der Waals surface area contributed by atoms with E-state index in [1.807, 2.05) is 6.92 Å². The van der Waals surface area contributed by atoms with Gasteiger partial charge in [-0.15, -0.1) is 0 Å². The first-order chi connectivity index (χ1) is 22.9. The molecule has 0 amide bonds. The Hall–Kier alpha value is -2.12. The van der Waals surface area contributed by atoms with Gasteiger partial charge in [-0.25, -0.2) is 0 Å². The van der Waals surface area contributed by atoms with Crippen LogP contribution in [0, 0.1) is 27.6 Å². The van der Waals surface area contributed by atoms with Crippen LogP contribution < -0.4 is 0 Å². The molecular weight excluding hydrogens is 608 g/mol. The molecule has 3 saturated carbocycles. The SMILES string of the molecule is CC(CCCCCCCCCCCC1(C(=O)O)CC1)(CCC1CC1(CCCCCCCCCCC1(CC(=O)O)CCC1)C(=O)O)C(=O)O. The van der Waals surface area contributed by atoms with E-state index in [2.05, 4.69) is 0 Å². The summed E-state index contributed by atoms with van der Waals surface area (Å²) in [6, 6.07) is 0. The van der Waals surface area contributed by atoms with Crippen molar-refractivity contribution in [1.82, 2.24) is 0 Å². The summed E-state index contributed by atoms with van der Waals surface area (Å²) in [7, 11) is 0. The summed E-state index contributed by atoms with van der Waals surface area (Å²) in [5.74, 6) is -2.65. The molecular formula is C40H68O8. The minimum atomic E-state index is -0.795. The number of carboxylic acid groups (broad SMARTS) is 4. The van der Waals surface area contributed by atoms with Gasteiger partial charge in [-0.3, -0.25) is 19.2 Å². The fourth-order valence-corrected chi connectivity index (χ4v) is 8.72. The first-order valence-electron chi connectivity index (χ1n) is 19.8. The Morgan fingerprint density at radius 2 is 1.06 bits per heavy atom. The van der Waals surface area contributed by atoms with Crippen molar-refractivity contribution in [1.29, 1.82) is 0 Å². The smallest absolute Gasteiger partial charge is 0.309 e. The molecule has 4 N–H and O–H groups in total. The van der Waals surface area contributed by atoms with E-state index in [0.717, 1.165) is 116 Å². The van der Waals surface area contributed by atoms with Crippen molar-refractivity contribution < 1.29 is 39.6 Å². The minimum absolute atomic E-state index is 0.0770. The highest BCUT2D eigenvalue weighted by molar-refractivity contribution is 5.79. The van der Waals surface area contributed by atoms with Crippen LogP contribution in [-0.4, -0.2) is 44.3 Å². The van der Waals surface area contributed by atoms with Crippen LogP contribution in [0.25, 0.3) is 0 Å². The highest BCUT2D eigenvalue weighted by Crippen LogP contribution is 2.59. The van der Waals surface area contributed by atoms with E-state index < -0.39 is 40.1 Å². The van der Waals surface area contributed by atoms with E-state index >= 15 is 0 Å². The molecule has 0 saturated heterocycles. The number of carboxylic acids is 4. The van der Waals surface area contributed by atoms with E-state index in [-0.39, 0.29) is 11.3 Å². The van der Waals surface area contributed by atoms with Crippen LogP contribution in [0.5, 0.6) is 0 Å². The summed E-state index contributed by atoms with van der Waals surface area (Å²) in [5, 5.41) is 38.5. The lowest BCUT2D eigenvalue weighted by molar-refractivity contribution is -0.149. The Balaban J connectivity index is 1.19. The van der Waals surface area contributed by atoms with Gasteiger partial charge in [0.1, 0.15) is 0 Å². The Morgan fingerprint density at radius 3 is 1.48 bits per heavy atom. The zero-order chi connectivity index (χ0) is 35.1. The Morgan fingerprint density at radius 1 is 0.583 bits per heavy atom. The van der Waals surface area contributed by atoms with Crippen molar-refractivity contribution in [2.75, 3.05) is 0 Å². The number of rotatable bonds is 31. The quantitative estimate of drug-likeness (QED) is 0.0530. The highest BCUT2D eigenvalue weighted by Gasteiger charge is 2.59. The van der Waals surface area contributed by atoms with Gasteiger partial charge in [0.2, 0.25) is 0 Å². The van der Waals surface area contributed by atoms with Crippen LogP contribution >= 0.6 is 0 Å². The zero-order valence-electron chi connectivity index (χ0n) is 30.2. The number of unbranched alkanes of at least 4 members (excludes halogenated alkanes) is 15. The lowest BCUT2D eigenvalue weighted by atomic mass is 9.64. The van der Waals surface area contributed by atoms with Crippen molar-refractivity contribution >= 4 is 23.9 Å². The summed E-state index contributed by atoms with van der Waals surface area (Å²) in [5.41, 5.74) is -1.76. The van der Waals surface area contributed by atoms with Gasteiger partial charge in [-0.2, -0.15) is 0 Å². The molecule has 0 spiro atoms. The topological polar surface area (TPSA) is 149 Å². The molecule has 3 rings (SSSR count). The van der Waals surface area contributed by atoms with E-state index in [4.69, 9.17) is 0 Å². The zero-order valence-corrected chi connectivity index (χ0v) is 30.2. The van der Waals surface area contributed by atoms with Gasteiger partial charge in [0, 0.05) is 0 Å². The largest absolute Gasteiger partial charge is 0.481 e. The predicted octanol–water partition coefficient (Wildman–Crippen LogP) is 10.7. The Kier molecular flexibility index (Phi) is 16.2. The molecule has 3 unspecified atom stereocenters. The Labute approximate surface area is 290 Å². The van der Waals surface area contributed by atoms with Crippen molar-refractivity contribution in [3.8, 4) is 0 Å². The van der Waals surface area contributed by atoms with E-state index in [1.54, 1.807) is 0 Å². The Bertz CT molecular complexity index is 1030. The fraction of sp³-hybridized carbons (Fsp3) is 0.900. The molecule has 3 aliphatic carbocycles. The van der Waals surface area contributed by atoms with Gasteiger partial charge in [0.05, 0.1) is 22.7 Å². The molecule has 0 aromatic heterocycles. The lowest BCUT2D eigenvalue weighted by Crippen LogP contribution is -2.31. The normalized spacial score (nSPS) is 23.1. The molecule has 8 nitrogen and oxygen atoms in total. The molecule has 276 valence electrons. The van der Waals surface area contributed by atoms with Crippen molar-refractivity contribution in [2.45, 2.75) is 200 Å². The van der Waals surface area contributed by atoms with Gasteiger partial charge in [-0.1, -0.05) is 116 Å². The minimum Gasteiger partial charge on any atom is -0.481 e. The summed E-state index contributed by atoms with van der Waals surface area (Å²) < 4.78 is 0. The summed E-state index contributed by atoms with van der Waals surface area (Å²) in [6.07, 6.45) is 29.2. The van der Waals surface area contributed by atoms with Crippen LogP contribution in [-0.2, 0) is 19.2 Å².